The molecule has 1 aliphatic carbocycles. The number of nitrogens with zero attached hydrogens (tertiary/aromatic N) is 4. The van der Waals surface area contributed by atoms with Crippen LogP contribution in [0.15, 0.2) is 82.3 Å². The first-order valence-corrected chi connectivity index (χ1v) is 15.2. The molecular weight excluding hydrogens is 556 g/mol. The van der Waals surface area contributed by atoms with Gasteiger partial charge in [0.15, 0.2) is 5.71 Å². The van der Waals surface area contributed by atoms with Crippen molar-refractivity contribution in [2.24, 2.45) is 0 Å². The van der Waals surface area contributed by atoms with E-state index in [4.69, 9.17) is 16.3 Å². The van der Waals surface area contributed by atoms with Crippen molar-refractivity contribution >= 4 is 28.7 Å². The van der Waals surface area contributed by atoms with Gasteiger partial charge < -0.3 is 14.7 Å². The zero-order chi connectivity index (χ0) is 31.9. The summed E-state index contributed by atoms with van der Waals surface area (Å²) in [6.45, 7) is 18.1. The number of halogens is 1. The summed E-state index contributed by atoms with van der Waals surface area (Å²) >= 11 is 6.37. The summed E-state index contributed by atoms with van der Waals surface area (Å²) in [5, 5.41) is 32.1. The highest BCUT2D eigenvalue weighted by atomic mass is 35.5. The predicted octanol–water partition coefficient (Wildman–Crippen LogP) is 8.57. The van der Waals surface area contributed by atoms with E-state index in [0.29, 0.717) is 34.8 Å². The molecule has 2 aromatic rings. The van der Waals surface area contributed by atoms with Gasteiger partial charge in [0.2, 0.25) is 5.69 Å². The Hall–Kier alpha value is -4.26. The molecule has 0 bridgehead atoms. The van der Waals surface area contributed by atoms with Gasteiger partial charge in [0.05, 0.1) is 12.5 Å². The van der Waals surface area contributed by atoms with E-state index in [0.717, 1.165) is 39.7 Å². The Balaban J connectivity index is 0.00000207. The summed E-state index contributed by atoms with van der Waals surface area (Å²) in [6.07, 6.45) is 3.86. The van der Waals surface area contributed by atoms with Crippen LogP contribution in [0, 0.1) is 22.7 Å². The second kappa shape index (κ2) is 11.8. The van der Waals surface area contributed by atoms with Crippen LogP contribution < -0.4 is 9.64 Å². The molecule has 7 heteroatoms. The van der Waals surface area contributed by atoms with Crippen LogP contribution in [-0.4, -0.2) is 35.6 Å². The van der Waals surface area contributed by atoms with Crippen molar-refractivity contribution in [3.8, 4) is 17.9 Å². The highest BCUT2D eigenvalue weighted by Gasteiger charge is 2.47. The maximum absolute atomic E-state index is 11.5. The second-order valence-corrected chi connectivity index (χ2v) is 11.9. The first-order chi connectivity index (χ1) is 20.5. The molecule has 3 aliphatic rings. The second-order valence-electron chi connectivity index (χ2n) is 11.5. The number of aliphatic hydroxyl groups excluding tert-OH is 1. The van der Waals surface area contributed by atoms with Gasteiger partial charge in [-0.25, -0.2) is 0 Å². The van der Waals surface area contributed by atoms with Crippen LogP contribution in [0.3, 0.4) is 0 Å². The summed E-state index contributed by atoms with van der Waals surface area (Å²) in [6, 6.07) is 16.1. The molecule has 0 amide bonds. The molecule has 0 radical (unpaired) electrons. The van der Waals surface area contributed by atoms with Gasteiger partial charge in [0.25, 0.3) is 0 Å². The van der Waals surface area contributed by atoms with Gasteiger partial charge in [0, 0.05) is 62.8 Å². The van der Waals surface area contributed by atoms with Crippen molar-refractivity contribution in [1.82, 2.24) is 0 Å². The number of ether oxygens (including phenoxy) is 1. The third-order valence-corrected chi connectivity index (χ3v) is 8.91. The minimum Gasteiger partial charge on any atom is -0.507 e. The summed E-state index contributed by atoms with van der Waals surface area (Å²) < 4.78 is 7.71. The number of likely N-dealkylation sites (N-methyl/N-ethyl adjacent to an activating group) is 1. The van der Waals surface area contributed by atoms with Gasteiger partial charge in [-0.3, -0.25) is 0 Å². The lowest BCUT2D eigenvalue weighted by molar-refractivity contribution is -0.433. The van der Waals surface area contributed by atoms with Crippen LogP contribution in [0.25, 0.3) is 0 Å². The number of rotatable bonds is 5. The Bertz CT molecular complexity index is 1720. The van der Waals surface area contributed by atoms with Crippen molar-refractivity contribution in [2.75, 3.05) is 25.1 Å². The topological polar surface area (TPSA) is 83.3 Å². The highest BCUT2D eigenvalue weighted by molar-refractivity contribution is 6.30. The van der Waals surface area contributed by atoms with E-state index >= 15 is 0 Å². The maximum Gasteiger partial charge on any atom is 0.210 e. The molecule has 6 nitrogen and oxygen atoms in total. The van der Waals surface area contributed by atoms with E-state index < -0.39 is 10.8 Å². The highest BCUT2D eigenvalue weighted by Crippen LogP contribution is 2.51. The fraction of sp³-hybridized carbons (Fsp3) is 0.361. The van der Waals surface area contributed by atoms with Crippen molar-refractivity contribution in [3.05, 3.63) is 98.4 Å². The largest absolute Gasteiger partial charge is 0.507 e. The molecule has 0 saturated heterocycles. The molecule has 2 heterocycles. The third-order valence-electron chi connectivity index (χ3n) is 8.67. The van der Waals surface area contributed by atoms with E-state index in [2.05, 4.69) is 69.2 Å². The Morgan fingerprint density at radius 1 is 1.00 bits per heavy atom. The lowest BCUT2D eigenvalue weighted by atomic mass is 9.74. The molecule has 5 rings (SSSR count). The molecule has 2 aromatic carbocycles. The first-order valence-electron chi connectivity index (χ1n) is 14.8. The Labute approximate surface area is 260 Å². The summed E-state index contributed by atoms with van der Waals surface area (Å²) in [5.74, 6) is 0.852. The number of hydrogen-bond donors (Lipinski definition) is 1. The van der Waals surface area contributed by atoms with E-state index in [-0.39, 0.29) is 11.3 Å². The Morgan fingerprint density at radius 2 is 1.67 bits per heavy atom. The minimum atomic E-state index is -0.407. The van der Waals surface area contributed by atoms with Gasteiger partial charge in [-0.05, 0) is 69.7 Å². The average molecular weight is 596 g/mol. The van der Waals surface area contributed by atoms with Gasteiger partial charge in [-0.15, -0.1) is 0 Å². The molecule has 0 aromatic heterocycles. The number of benzene rings is 2. The van der Waals surface area contributed by atoms with Crippen LogP contribution in [0.2, 0.25) is 5.02 Å². The molecule has 0 spiro atoms. The summed E-state index contributed by atoms with van der Waals surface area (Å²) in [7, 11) is 1.65. The van der Waals surface area contributed by atoms with Gasteiger partial charge in [0.1, 0.15) is 35.8 Å². The zero-order valence-corrected chi connectivity index (χ0v) is 27.3. The van der Waals surface area contributed by atoms with Crippen molar-refractivity contribution in [3.63, 3.8) is 0 Å². The van der Waals surface area contributed by atoms with E-state index in [1.54, 1.807) is 7.11 Å². The molecule has 0 unspecified atom stereocenters. The van der Waals surface area contributed by atoms with Gasteiger partial charge in [-0.1, -0.05) is 39.3 Å². The number of aliphatic hydroxyl groups is 1. The number of nitriles is 2. The van der Waals surface area contributed by atoms with Crippen LogP contribution in [-0.2, 0) is 10.8 Å². The number of hydrogen-bond acceptors (Lipinski definition) is 5. The van der Waals surface area contributed by atoms with Crippen LogP contribution in [0.4, 0.5) is 11.4 Å². The molecule has 0 saturated carbocycles. The first kappa shape index (κ1) is 31.7. The van der Waals surface area contributed by atoms with E-state index in [1.165, 1.54) is 0 Å². The third kappa shape index (κ3) is 4.85. The average Bonchev–Trinajstić information content (AvgIpc) is 3.35. The van der Waals surface area contributed by atoms with E-state index in [9.17, 15) is 15.6 Å². The normalized spacial score (nSPS) is 19.3. The number of anilines is 1. The van der Waals surface area contributed by atoms with Crippen LogP contribution in [0.1, 0.15) is 66.5 Å². The molecule has 222 valence electrons. The maximum atomic E-state index is 11.5. The number of methoxy groups -OCH3 is 1. The predicted molar refractivity (Wildman–Crippen MR) is 174 cm³/mol. The van der Waals surface area contributed by atoms with Crippen LogP contribution >= 0.6 is 11.6 Å². The number of fused-ring (bicyclic) bond motifs is 2. The molecule has 43 heavy (non-hydrogen) atoms. The molecule has 0 atom stereocenters. The minimum absolute atomic E-state index is 0.0288. The Kier molecular flexibility index (Phi) is 8.68. The molecule has 0 fully saturated rings. The lowest BCUT2D eigenvalue weighted by Gasteiger charge is -2.31. The molecule has 1 N–H and O–H groups in total. The monoisotopic (exact) mass is 595 g/mol. The lowest BCUT2D eigenvalue weighted by Crippen LogP contribution is -2.30. The Morgan fingerprint density at radius 3 is 2.26 bits per heavy atom. The van der Waals surface area contributed by atoms with Crippen molar-refractivity contribution in [1.29, 1.82) is 10.5 Å². The standard InChI is InChI=1S/C34H33ClN4O2.C2H6/c1-8-38-27-12-10-21(35)14-25(27)33(3,4)29(38)16-23-31(20(18-36)19-37)24(32(23)40)17-30-34(5,6)26-15-22(41-7)11-13-28(26)39(30)9-2;1-2/h10-17H,8-9H2,1-7H3;1-2H3/p+1. The smallest absolute Gasteiger partial charge is 0.210 e. The van der Waals surface area contributed by atoms with Crippen molar-refractivity contribution in [2.45, 2.75) is 66.2 Å². The summed E-state index contributed by atoms with van der Waals surface area (Å²) in [5.41, 5.74) is 6.90. The molecular formula is C36H40ClN4O2+. The fourth-order valence-electron chi connectivity index (χ4n) is 6.46. The quantitative estimate of drug-likeness (QED) is 0.276. The fourth-order valence-corrected chi connectivity index (χ4v) is 6.63. The van der Waals surface area contributed by atoms with Gasteiger partial charge in [-0.2, -0.15) is 15.1 Å². The van der Waals surface area contributed by atoms with Crippen molar-refractivity contribution < 1.29 is 14.4 Å². The zero-order valence-electron chi connectivity index (χ0n) is 26.6. The SMILES string of the molecule is CC.CCN1/C(=C\C2=C(O)C(=C\C3=[N+](CC)c4ccc(OC)cc4C3(C)C)/C2=C(C#N)C#N)C(C)(C)c2cc(Cl)ccc21. The van der Waals surface area contributed by atoms with E-state index in [1.807, 2.05) is 56.3 Å². The summed E-state index contributed by atoms with van der Waals surface area (Å²) in [4.78, 5) is 2.20. The van der Waals surface area contributed by atoms with Gasteiger partial charge >= 0.3 is 0 Å². The molecule has 2 aliphatic heterocycles. The van der Waals surface area contributed by atoms with Crippen LogP contribution in [0.5, 0.6) is 5.75 Å². The number of allylic oxidation sites excluding steroid dienone is 6.